The van der Waals surface area contributed by atoms with Crippen molar-refractivity contribution in [3.63, 3.8) is 0 Å². The van der Waals surface area contributed by atoms with Crippen molar-refractivity contribution in [2.45, 2.75) is 58.0 Å². The van der Waals surface area contributed by atoms with Crippen LogP contribution in [0.4, 0.5) is 0 Å². The van der Waals surface area contributed by atoms with Crippen molar-refractivity contribution < 1.29 is 14.7 Å². The third-order valence-electron chi connectivity index (χ3n) is 5.62. The van der Waals surface area contributed by atoms with Crippen LogP contribution in [0.15, 0.2) is 16.9 Å². The Bertz CT molecular complexity index is 1190. The fraction of sp³-hybridized carbons (Fsp3) is 0.500. The van der Waals surface area contributed by atoms with Crippen molar-refractivity contribution >= 4 is 50.5 Å². The van der Waals surface area contributed by atoms with E-state index in [0.29, 0.717) is 41.4 Å². The Hall–Kier alpha value is -2.39. The van der Waals surface area contributed by atoms with Gasteiger partial charge < -0.3 is 10.4 Å². The van der Waals surface area contributed by atoms with Crippen LogP contribution >= 0.6 is 22.9 Å². The molecule has 0 radical (unpaired) electrons. The van der Waals surface area contributed by atoms with Gasteiger partial charge in [0.2, 0.25) is 5.91 Å². The van der Waals surface area contributed by atoms with Gasteiger partial charge in [-0.15, -0.1) is 11.3 Å². The molecule has 2 N–H and O–H groups in total. The largest absolute Gasteiger partial charge is 0.481 e. The summed E-state index contributed by atoms with van der Waals surface area (Å²) in [7, 11) is 0. The summed E-state index contributed by atoms with van der Waals surface area (Å²) in [5.41, 5.74) is 0.991. The van der Waals surface area contributed by atoms with E-state index in [1.165, 1.54) is 16.0 Å². The molecule has 1 aliphatic carbocycles. The van der Waals surface area contributed by atoms with Gasteiger partial charge in [-0.25, -0.2) is 4.68 Å². The molecule has 1 saturated carbocycles. The van der Waals surface area contributed by atoms with E-state index in [-0.39, 0.29) is 35.9 Å². The fourth-order valence-corrected chi connectivity index (χ4v) is 5.25. The summed E-state index contributed by atoms with van der Waals surface area (Å²) in [4.78, 5) is 36.7. The van der Waals surface area contributed by atoms with E-state index in [4.69, 9.17) is 16.7 Å². The van der Waals surface area contributed by atoms with E-state index in [0.717, 1.165) is 10.2 Å². The second-order valence-corrected chi connectivity index (χ2v) is 9.81. The minimum absolute atomic E-state index is 0.0305. The van der Waals surface area contributed by atoms with Crippen molar-refractivity contribution in [1.82, 2.24) is 19.5 Å². The molecule has 0 saturated heterocycles. The van der Waals surface area contributed by atoms with Gasteiger partial charge in [0.05, 0.1) is 20.5 Å². The van der Waals surface area contributed by atoms with Gasteiger partial charge in [-0.2, -0.15) is 5.10 Å². The van der Waals surface area contributed by atoms with E-state index in [2.05, 4.69) is 10.4 Å². The molecular formula is C20H23ClN4O4S. The first-order valence-electron chi connectivity index (χ1n) is 9.98. The highest BCUT2D eigenvalue weighted by atomic mass is 35.5. The van der Waals surface area contributed by atoms with Gasteiger partial charge in [0.1, 0.15) is 17.9 Å². The molecule has 3 aromatic heterocycles. The average Bonchev–Trinajstić information content (AvgIpc) is 3.20. The van der Waals surface area contributed by atoms with Crippen LogP contribution in [0, 0.1) is 5.92 Å². The molecule has 3 aromatic rings. The molecular weight excluding hydrogens is 428 g/mol. The molecule has 0 spiro atoms. The van der Waals surface area contributed by atoms with E-state index in [1.54, 1.807) is 6.07 Å². The predicted molar refractivity (Wildman–Crippen MR) is 115 cm³/mol. The summed E-state index contributed by atoms with van der Waals surface area (Å²) in [5, 5.41) is 16.5. The van der Waals surface area contributed by atoms with E-state index >= 15 is 0 Å². The molecule has 1 aliphatic rings. The molecule has 1 fully saturated rings. The van der Waals surface area contributed by atoms with Crippen molar-refractivity contribution in [3.05, 3.63) is 32.6 Å². The predicted octanol–water partition coefficient (Wildman–Crippen LogP) is 3.25. The quantitative estimate of drug-likeness (QED) is 0.620. The first-order valence-corrected chi connectivity index (χ1v) is 11.2. The Labute approximate surface area is 181 Å². The number of carbonyl (C=O) groups excluding carboxylic acids is 1. The number of aromatic nitrogens is 3. The molecule has 0 unspecified atom stereocenters. The Morgan fingerprint density at radius 2 is 1.97 bits per heavy atom. The number of hydrogen-bond donors (Lipinski definition) is 2. The minimum atomic E-state index is -0.779. The number of hydrogen-bond acceptors (Lipinski definition) is 5. The third-order valence-corrected chi connectivity index (χ3v) is 6.82. The van der Waals surface area contributed by atoms with Crippen LogP contribution in [0.25, 0.3) is 15.7 Å². The zero-order valence-electron chi connectivity index (χ0n) is 16.7. The van der Waals surface area contributed by atoms with Crippen LogP contribution in [0.5, 0.6) is 0 Å². The lowest BCUT2D eigenvalue weighted by molar-refractivity contribution is -0.142. The third kappa shape index (κ3) is 3.83. The number of nitrogens with one attached hydrogen (secondary N) is 1. The van der Waals surface area contributed by atoms with Crippen LogP contribution in [0.2, 0.25) is 4.34 Å². The van der Waals surface area contributed by atoms with Crippen molar-refractivity contribution in [2.75, 3.05) is 0 Å². The smallest absolute Gasteiger partial charge is 0.306 e. The topological polar surface area (TPSA) is 106 Å². The standard InChI is InChI=1S/C20H23ClN4O4S/c1-10(2)18-23-24(9-17(26)22-12-5-3-11(4-6-12)20(28)29)19(27)14-7-15-13(25(14)18)8-16(21)30-15/h7-8,10-12H,3-6,9H2,1-2H3,(H,22,26)(H,28,29)/t11-,12-. The highest BCUT2D eigenvalue weighted by Gasteiger charge is 2.27. The molecule has 160 valence electrons. The summed E-state index contributed by atoms with van der Waals surface area (Å²) in [6.45, 7) is 3.79. The summed E-state index contributed by atoms with van der Waals surface area (Å²) in [6, 6.07) is 3.55. The number of amides is 1. The van der Waals surface area contributed by atoms with Gasteiger partial charge in [-0.3, -0.25) is 18.8 Å². The first-order chi connectivity index (χ1) is 14.2. The second kappa shape index (κ2) is 8.03. The van der Waals surface area contributed by atoms with Crippen LogP contribution in [0.1, 0.15) is 51.3 Å². The zero-order valence-corrected chi connectivity index (χ0v) is 18.3. The maximum Gasteiger partial charge on any atom is 0.306 e. The van der Waals surface area contributed by atoms with Crippen molar-refractivity contribution in [3.8, 4) is 0 Å². The molecule has 10 heteroatoms. The SMILES string of the molecule is CC(C)c1nn(CC(=O)N[C@H]2CC[C@H](C(=O)O)CC2)c(=O)c2cc3sc(Cl)cc3n12. The monoisotopic (exact) mass is 450 g/mol. The second-order valence-electron chi connectivity index (χ2n) is 8.09. The number of nitrogens with zero attached hydrogens (tertiary/aromatic N) is 3. The fourth-order valence-electron chi connectivity index (χ4n) is 4.09. The number of aliphatic carboxylic acids is 1. The molecule has 3 heterocycles. The van der Waals surface area contributed by atoms with Crippen molar-refractivity contribution in [2.24, 2.45) is 5.92 Å². The average molecular weight is 451 g/mol. The van der Waals surface area contributed by atoms with Gasteiger partial charge in [-0.1, -0.05) is 25.4 Å². The summed E-state index contributed by atoms with van der Waals surface area (Å²) in [5.74, 6) is -0.695. The maximum absolute atomic E-state index is 13.0. The van der Waals surface area contributed by atoms with Crippen LogP contribution < -0.4 is 10.9 Å². The Morgan fingerprint density at radius 1 is 1.27 bits per heavy atom. The lowest BCUT2D eigenvalue weighted by Gasteiger charge is -2.26. The lowest BCUT2D eigenvalue weighted by Crippen LogP contribution is -2.42. The normalized spacial score (nSPS) is 19.6. The highest BCUT2D eigenvalue weighted by molar-refractivity contribution is 7.22. The molecule has 0 aliphatic heterocycles. The van der Waals surface area contributed by atoms with Gasteiger partial charge in [0.25, 0.3) is 5.56 Å². The van der Waals surface area contributed by atoms with Crippen molar-refractivity contribution in [1.29, 1.82) is 0 Å². The summed E-state index contributed by atoms with van der Waals surface area (Å²) < 4.78 is 4.59. The van der Waals surface area contributed by atoms with Crippen LogP contribution in [-0.4, -0.2) is 37.2 Å². The Kier molecular flexibility index (Phi) is 5.59. The molecule has 4 rings (SSSR count). The molecule has 30 heavy (non-hydrogen) atoms. The molecule has 0 atom stereocenters. The van der Waals surface area contributed by atoms with E-state index in [1.807, 2.05) is 24.3 Å². The van der Waals surface area contributed by atoms with Gasteiger partial charge >= 0.3 is 5.97 Å². The van der Waals surface area contributed by atoms with E-state index < -0.39 is 5.97 Å². The van der Waals surface area contributed by atoms with Crippen LogP contribution in [-0.2, 0) is 16.1 Å². The number of carbonyl (C=O) groups is 2. The number of fused-ring (bicyclic) bond motifs is 3. The number of carboxylic acid groups (broad SMARTS) is 1. The Balaban J connectivity index is 1.58. The molecule has 8 nitrogen and oxygen atoms in total. The zero-order chi connectivity index (χ0) is 21.6. The number of halogens is 1. The maximum atomic E-state index is 13.0. The first kappa shape index (κ1) is 20.9. The Morgan fingerprint density at radius 3 is 2.60 bits per heavy atom. The van der Waals surface area contributed by atoms with E-state index in [9.17, 15) is 14.4 Å². The number of rotatable bonds is 5. The number of carboxylic acids is 1. The van der Waals surface area contributed by atoms with Gasteiger partial charge in [0.15, 0.2) is 0 Å². The summed E-state index contributed by atoms with van der Waals surface area (Å²) >= 11 is 7.53. The molecule has 0 bridgehead atoms. The minimum Gasteiger partial charge on any atom is -0.481 e. The lowest BCUT2D eigenvalue weighted by atomic mass is 9.86. The summed E-state index contributed by atoms with van der Waals surface area (Å²) in [6.07, 6.45) is 2.34. The number of thiophene rings is 1. The molecule has 1 amide bonds. The highest BCUT2D eigenvalue weighted by Crippen LogP contribution is 2.32. The van der Waals surface area contributed by atoms with Gasteiger partial charge in [-0.05, 0) is 37.8 Å². The molecule has 0 aromatic carbocycles. The van der Waals surface area contributed by atoms with Gasteiger partial charge in [0, 0.05) is 12.0 Å². The van der Waals surface area contributed by atoms with Crippen LogP contribution in [0.3, 0.4) is 0 Å².